The minimum Gasteiger partial charge on any atom is -0.316 e. The highest BCUT2D eigenvalue weighted by atomic mass is 19.1. The number of nitrogens with one attached hydrogen (secondary N) is 1. The maximum atomic E-state index is 13.1. The van der Waals surface area contributed by atoms with Crippen molar-refractivity contribution in [2.24, 2.45) is 11.8 Å². The van der Waals surface area contributed by atoms with Gasteiger partial charge in [0.05, 0.1) is 0 Å². The summed E-state index contributed by atoms with van der Waals surface area (Å²) in [6.07, 6.45) is 3.90. The Hall–Kier alpha value is -0.930. The second-order valence-corrected chi connectivity index (χ2v) is 6.24. The lowest BCUT2D eigenvalue weighted by Gasteiger charge is -2.29. The van der Waals surface area contributed by atoms with Gasteiger partial charge in [-0.2, -0.15) is 0 Å². The Bertz CT molecular complexity index is 402. The maximum absolute atomic E-state index is 13.1. The molecule has 3 heteroatoms. The molecule has 112 valence electrons. The highest BCUT2D eigenvalue weighted by Gasteiger charge is 2.19. The van der Waals surface area contributed by atoms with E-state index in [1.54, 1.807) is 12.1 Å². The molecular weight excluding hydrogens is 251 g/mol. The smallest absolute Gasteiger partial charge is 0.123 e. The van der Waals surface area contributed by atoms with Gasteiger partial charge in [-0.25, -0.2) is 4.39 Å². The first-order valence-corrected chi connectivity index (χ1v) is 7.79. The van der Waals surface area contributed by atoms with Gasteiger partial charge in [-0.05, 0) is 75.5 Å². The zero-order valence-electron chi connectivity index (χ0n) is 12.7. The summed E-state index contributed by atoms with van der Waals surface area (Å²) in [5.74, 6) is 1.45. The maximum Gasteiger partial charge on any atom is 0.123 e. The highest BCUT2D eigenvalue weighted by molar-refractivity contribution is 5.15. The fourth-order valence-corrected chi connectivity index (χ4v) is 3.05. The number of rotatable bonds is 6. The predicted molar refractivity (Wildman–Crippen MR) is 82.1 cm³/mol. The minimum absolute atomic E-state index is 0.141. The Morgan fingerprint density at radius 2 is 2.30 bits per heavy atom. The summed E-state index contributed by atoms with van der Waals surface area (Å²) in [6, 6.07) is 6.91. The first-order valence-electron chi connectivity index (χ1n) is 7.79. The lowest BCUT2D eigenvalue weighted by molar-refractivity contribution is 0.229. The Morgan fingerprint density at radius 3 is 3.00 bits per heavy atom. The second-order valence-electron chi connectivity index (χ2n) is 6.24. The molecule has 1 saturated heterocycles. The van der Waals surface area contributed by atoms with E-state index in [0.29, 0.717) is 0 Å². The van der Waals surface area contributed by atoms with Crippen LogP contribution in [0.25, 0.3) is 0 Å². The van der Waals surface area contributed by atoms with Crippen LogP contribution >= 0.6 is 0 Å². The van der Waals surface area contributed by atoms with Crippen molar-refractivity contribution >= 4 is 0 Å². The van der Waals surface area contributed by atoms with Crippen LogP contribution in [-0.2, 0) is 6.54 Å². The van der Waals surface area contributed by atoms with E-state index in [1.807, 2.05) is 6.07 Å². The zero-order valence-corrected chi connectivity index (χ0v) is 12.7. The van der Waals surface area contributed by atoms with E-state index < -0.39 is 0 Å². The molecule has 2 nitrogen and oxygen atoms in total. The summed E-state index contributed by atoms with van der Waals surface area (Å²) >= 11 is 0. The van der Waals surface area contributed by atoms with Gasteiger partial charge in [0.1, 0.15) is 5.82 Å². The Labute approximate surface area is 122 Å². The van der Waals surface area contributed by atoms with Crippen molar-refractivity contribution in [1.29, 1.82) is 0 Å². The number of benzene rings is 1. The molecular formula is C17H27FN2. The molecule has 1 N–H and O–H groups in total. The van der Waals surface area contributed by atoms with Crippen LogP contribution in [0.2, 0.25) is 0 Å². The zero-order chi connectivity index (χ0) is 14.4. The quantitative estimate of drug-likeness (QED) is 0.859. The van der Waals surface area contributed by atoms with Crippen molar-refractivity contribution < 1.29 is 4.39 Å². The van der Waals surface area contributed by atoms with E-state index in [2.05, 4.69) is 24.2 Å². The monoisotopic (exact) mass is 278 g/mol. The van der Waals surface area contributed by atoms with Crippen LogP contribution in [0.1, 0.15) is 31.7 Å². The third kappa shape index (κ3) is 4.88. The molecule has 0 aliphatic carbocycles. The summed E-state index contributed by atoms with van der Waals surface area (Å²) < 4.78 is 13.1. The van der Waals surface area contributed by atoms with E-state index in [1.165, 1.54) is 38.4 Å². The number of hydrogen-bond donors (Lipinski definition) is 1. The van der Waals surface area contributed by atoms with Crippen molar-refractivity contribution in [3.63, 3.8) is 0 Å². The molecule has 0 amide bonds. The van der Waals surface area contributed by atoms with Crippen LogP contribution in [0.4, 0.5) is 4.39 Å². The number of halogens is 1. The largest absolute Gasteiger partial charge is 0.316 e. The molecule has 2 rings (SSSR count). The molecule has 0 radical (unpaired) electrons. The first kappa shape index (κ1) is 15.5. The molecule has 0 aromatic heterocycles. The van der Waals surface area contributed by atoms with Crippen LogP contribution in [0.15, 0.2) is 24.3 Å². The van der Waals surface area contributed by atoms with Crippen molar-refractivity contribution in [2.75, 3.05) is 26.7 Å². The summed E-state index contributed by atoms with van der Waals surface area (Å²) in [5.41, 5.74) is 1.06. The third-order valence-electron chi connectivity index (χ3n) is 4.45. The molecule has 20 heavy (non-hydrogen) atoms. The SMILES string of the molecule is CC(CCN(C)Cc1cccc(F)c1)C1CCCNC1. The van der Waals surface area contributed by atoms with Crippen LogP contribution in [0.5, 0.6) is 0 Å². The number of piperidine rings is 1. The van der Waals surface area contributed by atoms with Crippen molar-refractivity contribution in [1.82, 2.24) is 10.2 Å². The van der Waals surface area contributed by atoms with Gasteiger partial charge in [0, 0.05) is 6.54 Å². The van der Waals surface area contributed by atoms with Crippen LogP contribution in [0.3, 0.4) is 0 Å². The van der Waals surface area contributed by atoms with Gasteiger partial charge < -0.3 is 10.2 Å². The summed E-state index contributed by atoms with van der Waals surface area (Å²) in [7, 11) is 2.12. The molecule has 0 spiro atoms. The van der Waals surface area contributed by atoms with E-state index in [0.717, 1.165) is 30.5 Å². The van der Waals surface area contributed by atoms with E-state index in [-0.39, 0.29) is 5.82 Å². The van der Waals surface area contributed by atoms with Crippen molar-refractivity contribution in [3.8, 4) is 0 Å². The molecule has 1 aromatic carbocycles. The summed E-state index contributed by atoms with van der Waals surface area (Å²) in [5, 5.41) is 3.49. The molecule has 1 heterocycles. The average molecular weight is 278 g/mol. The van der Waals surface area contributed by atoms with Gasteiger partial charge in [-0.3, -0.25) is 0 Å². The van der Waals surface area contributed by atoms with Gasteiger partial charge in [-0.1, -0.05) is 19.1 Å². The van der Waals surface area contributed by atoms with Gasteiger partial charge in [0.2, 0.25) is 0 Å². The fraction of sp³-hybridized carbons (Fsp3) is 0.647. The van der Waals surface area contributed by atoms with Crippen LogP contribution in [-0.4, -0.2) is 31.6 Å². The topological polar surface area (TPSA) is 15.3 Å². The summed E-state index contributed by atoms with van der Waals surface area (Å²) in [4.78, 5) is 2.29. The Balaban J connectivity index is 1.72. The average Bonchev–Trinajstić information content (AvgIpc) is 2.46. The van der Waals surface area contributed by atoms with Gasteiger partial charge in [0.25, 0.3) is 0 Å². The minimum atomic E-state index is -0.141. The predicted octanol–water partition coefficient (Wildman–Crippen LogP) is 3.28. The Morgan fingerprint density at radius 1 is 1.45 bits per heavy atom. The van der Waals surface area contributed by atoms with E-state index >= 15 is 0 Å². The standard InChI is InChI=1S/C17H27FN2/c1-14(16-6-4-9-19-12-16)8-10-20(2)13-15-5-3-7-17(18)11-15/h3,5,7,11,14,16,19H,4,6,8-10,12-13H2,1-2H3. The number of hydrogen-bond acceptors (Lipinski definition) is 2. The van der Waals surface area contributed by atoms with Crippen molar-refractivity contribution in [3.05, 3.63) is 35.6 Å². The molecule has 2 atom stereocenters. The van der Waals surface area contributed by atoms with Crippen LogP contribution < -0.4 is 5.32 Å². The second kappa shape index (κ2) is 7.75. The molecule has 1 aliphatic rings. The number of nitrogens with zero attached hydrogens (tertiary/aromatic N) is 1. The molecule has 1 aromatic rings. The van der Waals surface area contributed by atoms with Gasteiger partial charge >= 0.3 is 0 Å². The normalized spacial score (nSPS) is 21.1. The lowest BCUT2D eigenvalue weighted by atomic mass is 9.85. The molecule has 1 aliphatic heterocycles. The molecule has 0 bridgehead atoms. The van der Waals surface area contributed by atoms with Crippen LogP contribution in [0, 0.1) is 17.7 Å². The van der Waals surface area contributed by atoms with Gasteiger partial charge in [0.15, 0.2) is 0 Å². The molecule has 0 saturated carbocycles. The van der Waals surface area contributed by atoms with Gasteiger partial charge in [-0.15, -0.1) is 0 Å². The Kier molecular flexibility index (Phi) is 5.99. The first-order chi connectivity index (χ1) is 9.65. The lowest BCUT2D eigenvalue weighted by Crippen LogP contribution is -2.34. The molecule has 2 unspecified atom stereocenters. The highest BCUT2D eigenvalue weighted by Crippen LogP contribution is 2.22. The van der Waals surface area contributed by atoms with E-state index in [4.69, 9.17) is 0 Å². The van der Waals surface area contributed by atoms with Crippen molar-refractivity contribution in [2.45, 2.75) is 32.7 Å². The fourth-order valence-electron chi connectivity index (χ4n) is 3.05. The summed E-state index contributed by atoms with van der Waals surface area (Å²) in [6.45, 7) is 6.63. The molecule has 1 fully saturated rings. The third-order valence-corrected chi connectivity index (χ3v) is 4.45. The van der Waals surface area contributed by atoms with E-state index in [9.17, 15) is 4.39 Å².